The van der Waals surface area contributed by atoms with Crippen molar-refractivity contribution in [2.24, 2.45) is 0 Å². The fourth-order valence-electron chi connectivity index (χ4n) is 2.72. The van der Waals surface area contributed by atoms with Crippen LogP contribution in [0.2, 0.25) is 0 Å². The summed E-state index contributed by atoms with van der Waals surface area (Å²) < 4.78 is 25.7. The number of nitrogens with one attached hydrogen (secondary N) is 2. The van der Waals surface area contributed by atoms with Crippen LogP contribution in [0.1, 0.15) is 31.7 Å². The quantitative estimate of drug-likeness (QED) is 0.795. The minimum Gasteiger partial charge on any atom is -0.360 e. The number of benzene rings is 1. The summed E-state index contributed by atoms with van der Waals surface area (Å²) in [7, 11) is -3.08. The molecule has 2 rings (SSSR count). The summed E-state index contributed by atoms with van der Waals surface area (Å²) in [6.45, 7) is 5.05. The Kier molecular flexibility index (Phi) is 6.38. The van der Waals surface area contributed by atoms with Gasteiger partial charge in [0.15, 0.2) is 5.11 Å². The van der Waals surface area contributed by atoms with Crippen LogP contribution in [0.3, 0.4) is 0 Å². The van der Waals surface area contributed by atoms with Crippen molar-refractivity contribution in [1.29, 1.82) is 0 Å². The highest BCUT2D eigenvalue weighted by atomic mass is 32.2. The molecule has 128 valence electrons. The molecule has 0 unspecified atom stereocenters. The van der Waals surface area contributed by atoms with Gasteiger partial charge in [-0.2, -0.15) is 0 Å². The number of nitrogens with zero attached hydrogens (tertiary/aromatic N) is 1. The fourth-order valence-corrected chi connectivity index (χ4v) is 4.54. The van der Waals surface area contributed by atoms with E-state index in [0.29, 0.717) is 24.6 Å². The third-order valence-electron chi connectivity index (χ3n) is 4.04. The van der Waals surface area contributed by atoms with Crippen LogP contribution in [0.5, 0.6) is 0 Å². The summed E-state index contributed by atoms with van der Waals surface area (Å²) >= 11 is 5.37. The van der Waals surface area contributed by atoms with E-state index in [-0.39, 0.29) is 11.8 Å². The average Bonchev–Trinajstić information content (AvgIpc) is 2.50. The SMILES string of the molecule is CCCS(=O)(=O)N1CCC(NC(=S)Nc2ccccc2C)CC1. The highest BCUT2D eigenvalue weighted by molar-refractivity contribution is 7.89. The van der Waals surface area contributed by atoms with Crippen LogP contribution in [-0.2, 0) is 10.0 Å². The van der Waals surface area contributed by atoms with Gasteiger partial charge in [-0.1, -0.05) is 25.1 Å². The van der Waals surface area contributed by atoms with Gasteiger partial charge >= 0.3 is 0 Å². The summed E-state index contributed by atoms with van der Waals surface area (Å²) in [5.74, 6) is 0.234. The number of para-hydroxylation sites is 1. The highest BCUT2D eigenvalue weighted by Gasteiger charge is 2.27. The zero-order valence-electron chi connectivity index (χ0n) is 13.7. The molecule has 0 atom stereocenters. The first-order chi connectivity index (χ1) is 10.9. The fraction of sp³-hybridized carbons (Fsp3) is 0.562. The van der Waals surface area contributed by atoms with Crippen LogP contribution in [-0.4, -0.2) is 42.7 Å². The topological polar surface area (TPSA) is 61.4 Å². The maximum atomic E-state index is 12.1. The van der Waals surface area contributed by atoms with Gasteiger partial charge in [0.05, 0.1) is 5.75 Å². The molecule has 7 heteroatoms. The molecule has 0 aliphatic carbocycles. The van der Waals surface area contributed by atoms with E-state index in [1.165, 1.54) is 0 Å². The van der Waals surface area contributed by atoms with Crippen molar-refractivity contribution >= 4 is 33.0 Å². The Morgan fingerprint density at radius 2 is 1.96 bits per heavy atom. The van der Waals surface area contributed by atoms with Crippen molar-refractivity contribution in [3.8, 4) is 0 Å². The van der Waals surface area contributed by atoms with E-state index in [0.717, 1.165) is 24.1 Å². The van der Waals surface area contributed by atoms with E-state index >= 15 is 0 Å². The van der Waals surface area contributed by atoms with Crippen LogP contribution < -0.4 is 10.6 Å². The molecular formula is C16H25N3O2S2. The van der Waals surface area contributed by atoms with Gasteiger partial charge in [-0.25, -0.2) is 12.7 Å². The van der Waals surface area contributed by atoms with Crippen molar-refractivity contribution in [3.63, 3.8) is 0 Å². The largest absolute Gasteiger partial charge is 0.360 e. The molecule has 0 bridgehead atoms. The second-order valence-corrected chi connectivity index (χ2v) is 8.40. The van der Waals surface area contributed by atoms with Gasteiger partial charge in [-0.05, 0) is 50.0 Å². The van der Waals surface area contributed by atoms with Gasteiger partial charge < -0.3 is 10.6 Å². The number of anilines is 1. The number of aryl methyl sites for hydroxylation is 1. The van der Waals surface area contributed by atoms with E-state index in [1.807, 2.05) is 38.1 Å². The molecule has 0 amide bonds. The molecule has 0 radical (unpaired) electrons. The summed E-state index contributed by atoms with van der Waals surface area (Å²) in [6, 6.07) is 8.19. The molecule has 1 aliphatic heterocycles. The number of hydrogen-bond donors (Lipinski definition) is 2. The predicted molar refractivity (Wildman–Crippen MR) is 99.2 cm³/mol. The first-order valence-corrected chi connectivity index (χ1v) is 10.0. The molecule has 23 heavy (non-hydrogen) atoms. The van der Waals surface area contributed by atoms with Crippen molar-refractivity contribution in [1.82, 2.24) is 9.62 Å². The number of rotatable bonds is 5. The monoisotopic (exact) mass is 355 g/mol. The lowest BCUT2D eigenvalue weighted by atomic mass is 10.1. The van der Waals surface area contributed by atoms with Crippen LogP contribution in [0.4, 0.5) is 5.69 Å². The maximum Gasteiger partial charge on any atom is 0.214 e. The molecule has 0 aromatic heterocycles. The van der Waals surface area contributed by atoms with Crippen molar-refractivity contribution < 1.29 is 8.42 Å². The molecule has 1 saturated heterocycles. The standard InChI is InChI=1S/C16H25N3O2S2/c1-3-12-23(20,21)19-10-8-14(9-11-19)17-16(22)18-15-7-5-4-6-13(15)2/h4-7,14H,3,8-12H2,1-2H3,(H2,17,18,22). The van der Waals surface area contributed by atoms with Crippen molar-refractivity contribution in [2.75, 3.05) is 24.2 Å². The molecule has 1 aromatic rings. The van der Waals surface area contributed by atoms with Gasteiger partial charge in [-0.3, -0.25) is 0 Å². The first-order valence-electron chi connectivity index (χ1n) is 8.03. The second kappa shape index (κ2) is 8.08. The number of hydrogen-bond acceptors (Lipinski definition) is 3. The van der Waals surface area contributed by atoms with Crippen molar-refractivity contribution in [2.45, 2.75) is 39.2 Å². The summed E-state index contributed by atoms with van der Waals surface area (Å²) in [6.07, 6.45) is 2.21. The van der Waals surface area contributed by atoms with Gasteiger partial charge in [0, 0.05) is 24.8 Å². The lowest BCUT2D eigenvalue weighted by molar-refractivity contribution is 0.308. The summed E-state index contributed by atoms with van der Waals surface area (Å²) in [4.78, 5) is 0. The third-order valence-corrected chi connectivity index (χ3v) is 6.33. The van der Waals surface area contributed by atoms with Gasteiger partial charge in [0.2, 0.25) is 10.0 Å². The summed E-state index contributed by atoms with van der Waals surface area (Å²) in [5, 5.41) is 7.10. The third kappa shape index (κ3) is 5.16. The Bertz CT molecular complexity index is 638. The molecule has 1 aromatic carbocycles. The Labute approximate surface area is 144 Å². The van der Waals surface area contributed by atoms with E-state index < -0.39 is 10.0 Å². The molecule has 1 fully saturated rings. The molecule has 1 heterocycles. The lowest BCUT2D eigenvalue weighted by Crippen LogP contribution is -2.47. The smallest absolute Gasteiger partial charge is 0.214 e. The Balaban J connectivity index is 1.82. The molecule has 0 spiro atoms. The number of piperidine rings is 1. The highest BCUT2D eigenvalue weighted by Crippen LogP contribution is 2.16. The first kappa shape index (κ1) is 18.2. The van der Waals surface area contributed by atoms with Gasteiger partial charge in [0.25, 0.3) is 0 Å². The van der Waals surface area contributed by atoms with Crippen molar-refractivity contribution in [3.05, 3.63) is 29.8 Å². The second-order valence-electron chi connectivity index (χ2n) is 5.90. The maximum absolute atomic E-state index is 12.1. The summed E-state index contributed by atoms with van der Waals surface area (Å²) in [5.41, 5.74) is 2.13. The van der Waals surface area contributed by atoms with E-state index in [9.17, 15) is 8.42 Å². The average molecular weight is 356 g/mol. The normalized spacial score (nSPS) is 17.0. The van der Waals surface area contributed by atoms with Crippen LogP contribution >= 0.6 is 12.2 Å². The van der Waals surface area contributed by atoms with Gasteiger partial charge in [0.1, 0.15) is 0 Å². The van der Waals surface area contributed by atoms with E-state index in [4.69, 9.17) is 12.2 Å². The minimum absolute atomic E-state index is 0.215. The number of sulfonamides is 1. The Morgan fingerprint density at radius 3 is 2.57 bits per heavy atom. The number of thiocarbonyl (C=S) groups is 1. The zero-order valence-corrected chi connectivity index (χ0v) is 15.3. The van der Waals surface area contributed by atoms with E-state index in [2.05, 4.69) is 10.6 Å². The molecule has 5 nitrogen and oxygen atoms in total. The Morgan fingerprint density at radius 1 is 1.30 bits per heavy atom. The van der Waals surface area contributed by atoms with Crippen LogP contribution in [0.25, 0.3) is 0 Å². The lowest BCUT2D eigenvalue weighted by Gasteiger charge is -2.32. The molecule has 1 aliphatic rings. The minimum atomic E-state index is -3.08. The van der Waals surface area contributed by atoms with Crippen LogP contribution in [0.15, 0.2) is 24.3 Å². The van der Waals surface area contributed by atoms with Crippen LogP contribution in [0, 0.1) is 6.92 Å². The molecule has 0 saturated carbocycles. The van der Waals surface area contributed by atoms with E-state index in [1.54, 1.807) is 4.31 Å². The van der Waals surface area contributed by atoms with Gasteiger partial charge in [-0.15, -0.1) is 0 Å². The molecular weight excluding hydrogens is 330 g/mol. The molecule has 2 N–H and O–H groups in total. The Hall–Kier alpha value is -1.18. The predicted octanol–water partition coefficient (Wildman–Crippen LogP) is 2.49. The zero-order chi connectivity index (χ0) is 16.9.